The molecule has 0 fully saturated rings. The number of nitrogens with one attached hydrogen (secondary N) is 1. The average molecular weight is 397 g/mol. The van der Waals surface area contributed by atoms with Crippen LogP contribution in [0.1, 0.15) is 24.2 Å². The molecule has 1 atom stereocenters. The van der Waals surface area contributed by atoms with E-state index in [1.54, 1.807) is 6.92 Å². The number of esters is 1. The van der Waals surface area contributed by atoms with Gasteiger partial charge in [0.05, 0.1) is 12.2 Å². The molecule has 0 aromatic heterocycles. The van der Waals surface area contributed by atoms with Crippen LogP contribution in [-0.2, 0) is 9.53 Å². The van der Waals surface area contributed by atoms with Gasteiger partial charge in [-0.1, -0.05) is 6.07 Å². The van der Waals surface area contributed by atoms with Crippen molar-refractivity contribution in [1.82, 2.24) is 0 Å². The fourth-order valence-corrected chi connectivity index (χ4v) is 2.19. The molecule has 0 aliphatic rings. The van der Waals surface area contributed by atoms with Crippen LogP contribution >= 0.6 is 0 Å². The molecular weight excluding hydrogens is 379 g/mol. The van der Waals surface area contributed by atoms with Crippen molar-refractivity contribution in [3.8, 4) is 11.5 Å². The molecule has 2 aromatic rings. The summed E-state index contributed by atoms with van der Waals surface area (Å²) in [6.07, 6.45) is -1.19. The summed E-state index contributed by atoms with van der Waals surface area (Å²) in [6.45, 7) is 0.0775. The molecule has 28 heavy (non-hydrogen) atoms. The Balaban J connectivity index is 2.06. The highest BCUT2D eigenvalue weighted by Gasteiger charge is 2.21. The summed E-state index contributed by atoms with van der Waals surface area (Å²) in [7, 11) is 0. The van der Waals surface area contributed by atoms with E-state index in [1.807, 2.05) is 0 Å². The van der Waals surface area contributed by atoms with Crippen LogP contribution in [0.25, 0.3) is 0 Å². The van der Waals surface area contributed by atoms with E-state index in [-0.39, 0.29) is 29.4 Å². The minimum atomic E-state index is -3.05. The third-order valence-corrected chi connectivity index (χ3v) is 3.44. The Hall–Kier alpha value is -3.23. The molecule has 0 aliphatic carbocycles. The molecule has 0 radical (unpaired) electrons. The lowest BCUT2D eigenvalue weighted by Gasteiger charge is -2.15. The molecular formula is C19H18F3NO5. The molecule has 0 bridgehead atoms. The lowest BCUT2D eigenvalue weighted by Crippen LogP contribution is -2.30. The highest BCUT2D eigenvalue weighted by atomic mass is 19.3. The van der Waals surface area contributed by atoms with E-state index >= 15 is 0 Å². The minimum Gasteiger partial charge on any atom is -0.490 e. The van der Waals surface area contributed by atoms with E-state index in [9.17, 15) is 22.8 Å². The number of anilines is 1. The second kappa shape index (κ2) is 9.63. The molecule has 0 unspecified atom stereocenters. The van der Waals surface area contributed by atoms with E-state index in [1.165, 1.54) is 37.3 Å². The van der Waals surface area contributed by atoms with E-state index in [0.717, 1.165) is 12.1 Å². The van der Waals surface area contributed by atoms with Crippen LogP contribution in [0.2, 0.25) is 0 Å². The largest absolute Gasteiger partial charge is 0.490 e. The smallest absolute Gasteiger partial charge is 0.387 e. The van der Waals surface area contributed by atoms with Gasteiger partial charge in [-0.15, -0.1) is 0 Å². The molecule has 2 rings (SSSR count). The van der Waals surface area contributed by atoms with Gasteiger partial charge in [0.2, 0.25) is 0 Å². The molecule has 6 nitrogen and oxygen atoms in total. The van der Waals surface area contributed by atoms with Crippen molar-refractivity contribution in [2.24, 2.45) is 0 Å². The Kier molecular flexibility index (Phi) is 7.25. The SMILES string of the molecule is CCOc1cc(C(=O)O[C@H](C)C(=O)Nc2cccc(F)c2)ccc1OC(F)F. The molecule has 9 heteroatoms. The van der Waals surface area contributed by atoms with Crippen molar-refractivity contribution in [2.45, 2.75) is 26.6 Å². The van der Waals surface area contributed by atoms with E-state index < -0.39 is 30.4 Å². The zero-order valence-electron chi connectivity index (χ0n) is 15.1. The zero-order valence-corrected chi connectivity index (χ0v) is 15.1. The first kappa shape index (κ1) is 21.1. The van der Waals surface area contributed by atoms with Gasteiger partial charge in [0, 0.05) is 5.69 Å². The Labute approximate surface area is 159 Å². The maximum atomic E-state index is 13.2. The Bertz CT molecular complexity index is 844. The van der Waals surface area contributed by atoms with Gasteiger partial charge in [-0.25, -0.2) is 9.18 Å². The van der Waals surface area contributed by atoms with Crippen molar-refractivity contribution < 1.29 is 37.0 Å². The average Bonchev–Trinajstić information content (AvgIpc) is 2.62. The Morgan fingerprint density at radius 3 is 2.50 bits per heavy atom. The summed E-state index contributed by atoms with van der Waals surface area (Å²) >= 11 is 0. The third kappa shape index (κ3) is 5.90. The number of ether oxygens (including phenoxy) is 3. The fourth-order valence-electron chi connectivity index (χ4n) is 2.19. The van der Waals surface area contributed by atoms with Crippen LogP contribution < -0.4 is 14.8 Å². The first-order valence-corrected chi connectivity index (χ1v) is 8.29. The molecule has 0 saturated carbocycles. The van der Waals surface area contributed by atoms with Crippen molar-refractivity contribution in [3.05, 3.63) is 53.8 Å². The van der Waals surface area contributed by atoms with E-state index in [2.05, 4.69) is 10.1 Å². The van der Waals surface area contributed by atoms with E-state index in [0.29, 0.717) is 0 Å². The minimum absolute atomic E-state index is 0.0181. The number of carbonyl (C=O) groups is 2. The van der Waals surface area contributed by atoms with Gasteiger partial charge in [-0.05, 0) is 50.2 Å². The number of benzene rings is 2. The summed E-state index contributed by atoms with van der Waals surface area (Å²) in [5.74, 6) is -2.36. The normalized spacial score (nSPS) is 11.6. The van der Waals surface area contributed by atoms with Gasteiger partial charge < -0.3 is 19.5 Å². The molecule has 0 aliphatic heterocycles. The first-order chi connectivity index (χ1) is 13.3. The Morgan fingerprint density at radius 1 is 1.11 bits per heavy atom. The molecule has 1 N–H and O–H groups in total. The number of hydrogen-bond donors (Lipinski definition) is 1. The number of carbonyl (C=O) groups excluding carboxylic acids is 2. The summed E-state index contributed by atoms with van der Waals surface area (Å²) in [4.78, 5) is 24.3. The number of amides is 1. The molecule has 0 saturated heterocycles. The highest BCUT2D eigenvalue weighted by Crippen LogP contribution is 2.30. The molecule has 1 amide bonds. The van der Waals surface area contributed by atoms with Crippen LogP contribution in [0.4, 0.5) is 18.9 Å². The van der Waals surface area contributed by atoms with Crippen LogP contribution in [0.15, 0.2) is 42.5 Å². The van der Waals surface area contributed by atoms with Crippen molar-refractivity contribution in [1.29, 1.82) is 0 Å². The second-order valence-electron chi connectivity index (χ2n) is 5.52. The second-order valence-corrected chi connectivity index (χ2v) is 5.52. The summed E-state index contributed by atoms with van der Waals surface area (Å²) < 4.78 is 52.6. The quantitative estimate of drug-likeness (QED) is 0.682. The number of hydrogen-bond acceptors (Lipinski definition) is 5. The fraction of sp³-hybridized carbons (Fsp3) is 0.263. The maximum absolute atomic E-state index is 13.2. The van der Waals surface area contributed by atoms with Crippen LogP contribution in [0, 0.1) is 5.82 Å². The summed E-state index contributed by atoms with van der Waals surface area (Å²) in [6, 6.07) is 8.76. The maximum Gasteiger partial charge on any atom is 0.387 e. The van der Waals surface area contributed by atoms with Gasteiger partial charge in [0.25, 0.3) is 5.91 Å². The van der Waals surface area contributed by atoms with Crippen molar-refractivity contribution >= 4 is 17.6 Å². The molecule has 0 spiro atoms. The van der Waals surface area contributed by atoms with Gasteiger partial charge in [-0.3, -0.25) is 4.79 Å². The Morgan fingerprint density at radius 2 is 1.86 bits per heavy atom. The molecule has 2 aromatic carbocycles. The van der Waals surface area contributed by atoms with Crippen molar-refractivity contribution in [2.75, 3.05) is 11.9 Å². The summed E-state index contributed by atoms with van der Waals surface area (Å²) in [5.41, 5.74) is 0.190. The van der Waals surface area contributed by atoms with Crippen molar-refractivity contribution in [3.63, 3.8) is 0 Å². The van der Waals surface area contributed by atoms with Crippen LogP contribution in [0.5, 0.6) is 11.5 Å². The topological polar surface area (TPSA) is 73.9 Å². The third-order valence-electron chi connectivity index (χ3n) is 3.44. The lowest BCUT2D eigenvalue weighted by molar-refractivity contribution is -0.123. The first-order valence-electron chi connectivity index (χ1n) is 8.29. The number of rotatable bonds is 8. The zero-order chi connectivity index (χ0) is 20.7. The molecule has 0 heterocycles. The van der Waals surface area contributed by atoms with Gasteiger partial charge in [-0.2, -0.15) is 8.78 Å². The lowest BCUT2D eigenvalue weighted by atomic mass is 10.2. The van der Waals surface area contributed by atoms with E-state index in [4.69, 9.17) is 9.47 Å². The van der Waals surface area contributed by atoms with Crippen LogP contribution in [0.3, 0.4) is 0 Å². The standard InChI is InChI=1S/C19H18F3NO5/c1-3-26-16-9-12(7-8-15(16)28-19(21)22)18(25)27-11(2)17(24)23-14-6-4-5-13(20)10-14/h4-11,19H,3H2,1-2H3,(H,23,24)/t11-/m1/s1. The number of halogens is 3. The summed E-state index contributed by atoms with van der Waals surface area (Å²) in [5, 5.41) is 2.42. The molecule has 150 valence electrons. The number of alkyl halides is 2. The monoisotopic (exact) mass is 397 g/mol. The van der Waals surface area contributed by atoms with Crippen LogP contribution in [-0.4, -0.2) is 31.2 Å². The highest BCUT2D eigenvalue weighted by molar-refractivity contribution is 5.97. The predicted octanol–water partition coefficient (Wildman–Crippen LogP) is 4.01. The predicted molar refractivity (Wildman–Crippen MR) is 94.2 cm³/mol. The van der Waals surface area contributed by atoms with Gasteiger partial charge >= 0.3 is 12.6 Å². The van der Waals surface area contributed by atoms with Gasteiger partial charge in [0.15, 0.2) is 17.6 Å². The van der Waals surface area contributed by atoms with Gasteiger partial charge in [0.1, 0.15) is 5.82 Å².